The van der Waals surface area contributed by atoms with Crippen molar-refractivity contribution in [1.29, 1.82) is 0 Å². The summed E-state index contributed by atoms with van der Waals surface area (Å²) in [6.07, 6.45) is 20.7. The van der Waals surface area contributed by atoms with E-state index in [2.05, 4.69) is 54.0 Å². The van der Waals surface area contributed by atoms with Gasteiger partial charge in [-0.1, -0.05) is 44.2 Å². The number of hydrogen-bond donors (Lipinski definition) is 2. The van der Waals surface area contributed by atoms with E-state index in [0.29, 0.717) is 0 Å². The molecule has 0 radical (unpaired) electrons. The molecule has 30 heavy (non-hydrogen) atoms. The van der Waals surface area contributed by atoms with Gasteiger partial charge >= 0.3 is 0 Å². The molecule has 0 aromatic carbocycles. The summed E-state index contributed by atoms with van der Waals surface area (Å²) in [5, 5.41) is 6.51. The molecule has 1 saturated heterocycles. The van der Waals surface area contributed by atoms with Gasteiger partial charge in [0.05, 0.1) is 11.7 Å². The fourth-order valence-corrected chi connectivity index (χ4v) is 4.19. The van der Waals surface area contributed by atoms with Crippen LogP contribution in [0.15, 0.2) is 71.0 Å². The molecule has 0 aromatic heterocycles. The zero-order valence-electron chi connectivity index (χ0n) is 18.8. The van der Waals surface area contributed by atoms with Crippen molar-refractivity contribution in [3.8, 4) is 0 Å². The Kier molecular flexibility index (Phi) is 7.68. The van der Waals surface area contributed by atoms with E-state index in [9.17, 15) is 4.79 Å². The molecule has 2 unspecified atom stereocenters. The SMILES string of the molecule is C/C=C\C=C1\C(C2=CC=C(NC(=O)C(C)CC)C=CC2)=CC2(CCNCC2)OC1C. The number of ether oxygens (including phenoxy) is 1. The minimum absolute atomic E-state index is 0.0141. The average molecular weight is 409 g/mol. The molecule has 2 heterocycles. The fourth-order valence-electron chi connectivity index (χ4n) is 4.19. The van der Waals surface area contributed by atoms with Crippen molar-refractivity contribution in [2.75, 3.05) is 13.1 Å². The van der Waals surface area contributed by atoms with Crippen molar-refractivity contribution in [1.82, 2.24) is 10.6 Å². The highest BCUT2D eigenvalue weighted by Crippen LogP contribution is 2.40. The van der Waals surface area contributed by atoms with Gasteiger partial charge in [0.2, 0.25) is 5.91 Å². The molecule has 3 aliphatic rings. The van der Waals surface area contributed by atoms with Crippen molar-refractivity contribution in [3.05, 3.63) is 71.0 Å². The first kappa shape index (κ1) is 22.5. The third-order valence-corrected chi connectivity index (χ3v) is 6.26. The van der Waals surface area contributed by atoms with Gasteiger partial charge in [-0.25, -0.2) is 0 Å². The number of carbonyl (C=O) groups is 1. The lowest BCUT2D eigenvalue weighted by molar-refractivity contribution is -0.123. The number of amides is 1. The molecule has 2 aliphatic heterocycles. The standard InChI is InChI=1S/C26H36N2O2/c1-5-7-11-23-20(4)30-26(14-16-27-17-15-26)18-24(23)21-9-8-10-22(13-12-21)28-25(29)19(3)6-2/h5,7-8,10-13,18-20,27H,6,9,14-17H2,1-4H3,(H,28,29)/b7-5-,23-11+. The van der Waals surface area contributed by atoms with Gasteiger partial charge in [-0.2, -0.15) is 0 Å². The molecule has 4 heteroatoms. The van der Waals surface area contributed by atoms with Crippen molar-refractivity contribution in [2.45, 2.75) is 65.1 Å². The van der Waals surface area contributed by atoms with E-state index in [0.717, 1.165) is 44.5 Å². The predicted molar refractivity (Wildman–Crippen MR) is 124 cm³/mol. The summed E-state index contributed by atoms with van der Waals surface area (Å²) in [6, 6.07) is 0. The largest absolute Gasteiger partial charge is 0.363 e. The highest BCUT2D eigenvalue weighted by Gasteiger charge is 2.38. The second-order valence-corrected chi connectivity index (χ2v) is 8.50. The Morgan fingerprint density at radius 2 is 2.13 bits per heavy atom. The van der Waals surface area contributed by atoms with Gasteiger partial charge in [0.15, 0.2) is 0 Å². The van der Waals surface area contributed by atoms with Crippen LogP contribution in [0.25, 0.3) is 0 Å². The topological polar surface area (TPSA) is 50.4 Å². The molecular weight excluding hydrogens is 372 g/mol. The maximum Gasteiger partial charge on any atom is 0.227 e. The Balaban J connectivity index is 1.94. The number of carbonyl (C=O) groups excluding carboxylic acids is 1. The van der Waals surface area contributed by atoms with Gasteiger partial charge in [-0.3, -0.25) is 4.79 Å². The number of rotatable bonds is 5. The Bertz CT molecular complexity index is 820. The molecule has 3 rings (SSSR count). The summed E-state index contributed by atoms with van der Waals surface area (Å²) in [6.45, 7) is 10.2. The molecule has 1 fully saturated rings. The highest BCUT2D eigenvalue weighted by atomic mass is 16.5. The Labute approximate surface area is 181 Å². The quantitative estimate of drug-likeness (QED) is 0.681. The lowest BCUT2D eigenvalue weighted by Gasteiger charge is -2.43. The maximum atomic E-state index is 12.3. The molecule has 1 aliphatic carbocycles. The minimum atomic E-state index is -0.193. The van der Waals surface area contributed by atoms with Crippen LogP contribution in [-0.2, 0) is 9.53 Å². The molecule has 0 bridgehead atoms. The van der Waals surface area contributed by atoms with Crippen molar-refractivity contribution in [2.24, 2.45) is 5.92 Å². The van der Waals surface area contributed by atoms with Crippen LogP contribution >= 0.6 is 0 Å². The Hall–Kier alpha value is -2.17. The van der Waals surface area contributed by atoms with Crippen LogP contribution in [0.1, 0.15) is 53.4 Å². The second kappa shape index (κ2) is 10.2. The van der Waals surface area contributed by atoms with Gasteiger partial charge in [-0.15, -0.1) is 0 Å². The summed E-state index contributed by atoms with van der Waals surface area (Å²) in [7, 11) is 0. The molecule has 4 nitrogen and oxygen atoms in total. The van der Waals surface area contributed by atoms with Crippen LogP contribution in [0, 0.1) is 5.92 Å². The predicted octanol–water partition coefficient (Wildman–Crippen LogP) is 4.89. The lowest BCUT2D eigenvalue weighted by atomic mass is 9.80. The fraction of sp³-hybridized carbons (Fsp3) is 0.500. The third-order valence-electron chi connectivity index (χ3n) is 6.26. The Morgan fingerprint density at radius 3 is 2.83 bits per heavy atom. The van der Waals surface area contributed by atoms with Gasteiger partial charge in [0.25, 0.3) is 0 Å². The van der Waals surface area contributed by atoms with Crippen molar-refractivity contribution in [3.63, 3.8) is 0 Å². The van der Waals surface area contributed by atoms with Crippen LogP contribution in [0.5, 0.6) is 0 Å². The molecule has 162 valence electrons. The zero-order valence-corrected chi connectivity index (χ0v) is 18.8. The van der Waals surface area contributed by atoms with E-state index in [-0.39, 0.29) is 23.5 Å². The highest BCUT2D eigenvalue weighted by molar-refractivity contribution is 5.80. The molecule has 1 spiro atoms. The lowest BCUT2D eigenvalue weighted by Crippen LogP contribution is -2.47. The van der Waals surface area contributed by atoms with Gasteiger partial charge in [-0.05, 0) is 87.6 Å². The molecule has 1 amide bonds. The van der Waals surface area contributed by atoms with Gasteiger partial charge in [0, 0.05) is 11.6 Å². The first-order valence-electron chi connectivity index (χ1n) is 11.3. The van der Waals surface area contributed by atoms with Crippen LogP contribution in [-0.4, -0.2) is 30.7 Å². The zero-order chi connectivity index (χ0) is 21.6. The van der Waals surface area contributed by atoms with E-state index < -0.39 is 0 Å². The van der Waals surface area contributed by atoms with Crippen molar-refractivity contribution < 1.29 is 9.53 Å². The number of piperidine rings is 1. The first-order chi connectivity index (χ1) is 14.5. The normalized spacial score (nSPS) is 26.2. The first-order valence-corrected chi connectivity index (χ1v) is 11.3. The number of nitrogens with one attached hydrogen (secondary N) is 2. The molecule has 0 aromatic rings. The maximum absolute atomic E-state index is 12.3. The number of hydrogen-bond acceptors (Lipinski definition) is 3. The van der Waals surface area contributed by atoms with E-state index in [1.807, 2.05) is 32.9 Å². The van der Waals surface area contributed by atoms with E-state index in [1.165, 1.54) is 16.7 Å². The third kappa shape index (κ3) is 5.30. The molecule has 0 saturated carbocycles. The molecule has 2 atom stereocenters. The molecular formula is C26H36N2O2. The second-order valence-electron chi connectivity index (χ2n) is 8.50. The van der Waals surface area contributed by atoms with Crippen LogP contribution < -0.4 is 10.6 Å². The summed E-state index contributed by atoms with van der Waals surface area (Å²) >= 11 is 0. The van der Waals surface area contributed by atoms with Gasteiger partial charge in [0.1, 0.15) is 0 Å². The van der Waals surface area contributed by atoms with Crippen LogP contribution in [0.2, 0.25) is 0 Å². The smallest absolute Gasteiger partial charge is 0.227 e. The Morgan fingerprint density at radius 1 is 1.37 bits per heavy atom. The van der Waals surface area contributed by atoms with E-state index >= 15 is 0 Å². The summed E-state index contributed by atoms with van der Waals surface area (Å²) in [4.78, 5) is 12.3. The average Bonchev–Trinajstić information content (AvgIpc) is 2.98. The number of allylic oxidation sites excluding steroid dienone is 8. The van der Waals surface area contributed by atoms with Crippen LogP contribution in [0.3, 0.4) is 0 Å². The van der Waals surface area contributed by atoms with E-state index in [4.69, 9.17) is 4.74 Å². The summed E-state index contributed by atoms with van der Waals surface area (Å²) < 4.78 is 6.55. The summed E-state index contributed by atoms with van der Waals surface area (Å²) in [5.74, 6) is 0.0895. The van der Waals surface area contributed by atoms with Gasteiger partial charge < -0.3 is 15.4 Å². The van der Waals surface area contributed by atoms with E-state index in [1.54, 1.807) is 0 Å². The monoisotopic (exact) mass is 408 g/mol. The minimum Gasteiger partial charge on any atom is -0.363 e. The van der Waals surface area contributed by atoms with Crippen LogP contribution in [0.4, 0.5) is 0 Å². The summed E-state index contributed by atoms with van der Waals surface area (Å²) in [5.41, 5.74) is 4.43. The molecule has 2 N–H and O–H groups in total. The van der Waals surface area contributed by atoms with Crippen molar-refractivity contribution >= 4 is 5.91 Å².